The van der Waals surface area contributed by atoms with Gasteiger partial charge in [-0.2, -0.15) is 0 Å². The fourth-order valence-corrected chi connectivity index (χ4v) is 3.59. The van der Waals surface area contributed by atoms with Crippen molar-refractivity contribution in [3.8, 4) is 0 Å². The monoisotopic (exact) mass is 239 g/mol. The molecule has 1 saturated heterocycles. The predicted molar refractivity (Wildman–Crippen MR) is 72.3 cm³/mol. The molecule has 17 heavy (non-hydrogen) atoms. The summed E-state index contributed by atoms with van der Waals surface area (Å²) in [6, 6.07) is 0.668. The highest BCUT2D eigenvalue weighted by molar-refractivity contribution is 4.92. The SMILES string of the molecule is CCNC(C)CCCC1CCC2(CCCC2)O1. The normalized spacial score (nSPS) is 28.9. The Kier molecular flexibility index (Phi) is 4.87. The highest BCUT2D eigenvalue weighted by Gasteiger charge is 2.41. The lowest BCUT2D eigenvalue weighted by Gasteiger charge is -2.24. The van der Waals surface area contributed by atoms with Crippen LogP contribution in [0.1, 0.15) is 71.6 Å². The summed E-state index contributed by atoms with van der Waals surface area (Å²) in [5.74, 6) is 0. The third-order valence-electron chi connectivity index (χ3n) is 4.57. The lowest BCUT2D eigenvalue weighted by atomic mass is 9.97. The molecule has 1 N–H and O–H groups in total. The molecule has 2 rings (SSSR count). The minimum Gasteiger partial charge on any atom is -0.372 e. The van der Waals surface area contributed by atoms with E-state index in [0.29, 0.717) is 17.7 Å². The third kappa shape index (κ3) is 3.69. The maximum atomic E-state index is 6.33. The van der Waals surface area contributed by atoms with Crippen molar-refractivity contribution >= 4 is 0 Å². The second-order valence-electron chi connectivity index (χ2n) is 6.06. The minimum atomic E-state index is 0.331. The van der Waals surface area contributed by atoms with Crippen LogP contribution >= 0.6 is 0 Å². The van der Waals surface area contributed by atoms with Crippen LogP contribution in [0, 0.1) is 0 Å². The number of ether oxygens (including phenoxy) is 1. The van der Waals surface area contributed by atoms with Crippen molar-refractivity contribution in [1.82, 2.24) is 5.32 Å². The Hall–Kier alpha value is -0.0800. The van der Waals surface area contributed by atoms with Gasteiger partial charge in [-0.3, -0.25) is 0 Å². The maximum absolute atomic E-state index is 6.33. The number of nitrogens with one attached hydrogen (secondary N) is 1. The summed E-state index contributed by atoms with van der Waals surface area (Å²) in [4.78, 5) is 0. The fourth-order valence-electron chi connectivity index (χ4n) is 3.59. The molecule has 2 fully saturated rings. The van der Waals surface area contributed by atoms with Gasteiger partial charge in [-0.15, -0.1) is 0 Å². The Labute approximate surface area is 107 Å². The van der Waals surface area contributed by atoms with Gasteiger partial charge in [0.15, 0.2) is 0 Å². The summed E-state index contributed by atoms with van der Waals surface area (Å²) in [6.07, 6.45) is 12.5. The molecule has 2 nitrogen and oxygen atoms in total. The Morgan fingerprint density at radius 1 is 1.29 bits per heavy atom. The second kappa shape index (κ2) is 6.19. The molecule has 1 heterocycles. The van der Waals surface area contributed by atoms with E-state index < -0.39 is 0 Å². The molecule has 1 spiro atoms. The minimum absolute atomic E-state index is 0.331. The second-order valence-corrected chi connectivity index (χ2v) is 6.06. The molecule has 1 aliphatic carbocycles. The van der Waals surface area contributed by atoms with Gasteiger partial charge in [0.2, 0.25) is 0 Å². The first-order chi connectivity index (χ1) is 8.24. The van der Waals surface area contributed by atoms with Crippen molar-refractivity contribution in [3.05, 3.63) is 0 Å². The summed E-state index contributed by atoms with van der Waals surface area (Å²) in [5, 5.41) is 3.48. The Morgan fingerprint density at radius 3 is 2.76 bits per heavy atom. The van der Waals surface area contributed by atoms with Crippen molar-refractivity contribution in [2.45, 2.75) is 89.4 Å². The summed E-state index contributed by atoms with van der Waals surface area (Å²) < 4.78 is 6.33. The van der Waals surface area contributed by atoms with Crippen LogP contribution in [0.2, 0.25) is 0 Å². The molecule has 0 amide bonds. The zero-order chi connectivity index (χ0) is 12.1. The van der Waals surface area contributed by atoms with Crippen molar-refractivity contribution in [1.29, 1.82) is 0 Å². The molecule has 1 aliphatic heterocycles. The van der Waals surface area contributed by atoms with Gasteiger partial charge >= 0.3 is 0 Å². The van der Waals surface area contributed by atoms with Gasteiger partial charge in [0.25, 0.3) is 0 Å². The van der Waals surface area contributed by atoms with E-state index in [0.717, 1.165) is 6.54 Å². The van der Waals surface area contributed by atoms with E-state index in [1.807, 2.05) is 0 Å². The third-order valence-corrected chi connectivity index (χ3v) is 4.57. The topological polar surface area (TPSA) is 21.3 Å². The molecular formula is C15H29NO. The quantitative estimate of drug-likeness (QED) is 0.764. The summed E-state index contributed by atoms with van der Waals surface area (Å²) in [6.45, 7) is 5.56. The highest BCUT2D eigenvalue weighted by Crippen LogP contribution is 2.44. The first kappa shape index (κ1) is 13.4. The first-order valence-corrected chi connectivity index (χ1v) is 7.65. The van der Waals surface area contributed by atoms with E-state index in [2.05, 4.69) is 19.2 Å². The van der Waals surface area contributed by atoms with Crippen LogP contribution in [0.25, 0.3) is 0 Å². The van der Waals surface area contributed by atoms with Gasteiger partial charge in [0, 0.05) is 6.04 Å². The molecule has 2 unspecified atom stereocenters. The summed E-state index contributed by atoms with van der Waals surface area (Å²) >= 11 is 0. The van der Waals surface area contributed by atoms with E-state index in [-0.39, 0.29) is 0 Å². The molecule has 100 valence electrons. The summed E-state index contributed by atoms with van der Waals surface area (Å²) in [5.41, 5.74) is 0.331. The van der Waals surface area contributed by atoms with Crippen molar-refractivity contribution in [3.63, 3.8) is 0 Å². The average molecular weight is 239 g/mol. The van der Waals surface area contributed by atoms with Gasteiger partial charge in [-0.25, -0.2) is 0 Å². The van der Waals surface area contributed by atoms with Crippen molar-refractivity contribution < 1.29 is 4.74 Å². The van der Waals surface area contributed by atoms with Crippen LogP contribution < -0.4 is 5.32 Å². The first-order valence-electron chi connectivity index (χ1n) is 7.65. The maximum Gasteiger partial charge on any atom is 0.0687 e. The number of rotatable bonds is 6. The summed E-state index contributed by atoms with van der Waals surface area (Å²) in [7, 11) is 0. The smallest absolute Gasteiger partial charge is 0.0687 e. The lowest BCUT2D eigenvalue weighted by Crippen LogP contribution is -2.26. The molecule has 2 aliphatic rings. The molecule has 0 aromatic rings. The van der Waals surface area contributed by atoms with Gasteiger partial charge in [-0.05, 0) is 58.4 Å². The molecule has 0 aromatic carbocycles. The van der Waals surface area contributed by atoms with Crippen LogP contribution in [0.3, 0.4) is 0 Å². The van der Waals surface area contributed by atoms with E-state index in [1.54, 1.807) is 0 Å². The van der Waals surface area contributed by atoms with Crippen LogP contribution in [0.4, 0.5) is 0 Å². The van der Waals surface area contributed by atoms with E-state index in [1.165, 1.54) is 57.8 Å². The van der Waals surface area contributed by atoms with Gasteiger partial charge in [-0.1, -0.05) is 19.8 Å². The van der Waals surface area contributed by atoms with Gasteiger partial charge < -0.3 is 10.1 Å². The molecule has 2 atom stereocenters. The molecule has 1 saturated carbocycles. The fraction of sp³-hybridized carbons (Fsp3) is 1.00. The van der Waals surface area contributed by atoms with E-state index >= 15 is 0 Å². The van der Waals surface area contributed by atoms with Crippen LogP contribution in [-0.2, 0) is 4.74 Å². The molecule has 0 radical (unpaired) electrons. The van der Waals surface area contributed by atoms with Crippen LogP contribution in [0.5, 0.6) is 0 Å². The zero-order valence-corrected chi connectivity index (χ0v) is 11.6. The van der Waals surface area contributed by atoms with Crippen LogP contribution in [0.15, 0.2) is 0 Å². The average Bonchev–Trinajstić information content (AvgIpc) is 2.91. The standard InChI is InChI=1S/C15H29NO/c1-3-16-13(2)7-6-8-14-9-12-15(17-14)10-4-5-11-15/h13-14,16H,3-12H2,1-2H3. The van der Waals surface area contributed by atoms with Gasteiger partial charge in [0.05, 0.1) is 11.7 Å². The Bertz CT molecular complexity index is 223. The molecule has 0 aromatic heterocycles. The predicted octanol–water partition coefficient (Wildman–Crippen LogP) is 3.65. The van der Waals surface area contributed by atoms with Gasteiger partial charge in [0.1, 0.15) is 0 Å². The van der Waals surface area contributed by atoms with E-state index in [4.69, 9.17) is 4.74 Å². The Balaban J connectivity index is 1.61. The molecule has 2 heteroatoms. The highest BCUT2D eigenvalue weighted by atomic mass is 16.5. The molecular weight excluding hydrogens is 210 g/mol. The lowest BCUT2D eigenvalue weighted by molar-refractivity contribution is -0.0396. The number of hydrogen-bond acceptors (Lipinski definition) is 2. The number of hydrogen-bond donors (Lipinski definition) is 1. The van der Waals surface area contributed by atoms with Crippen molar-refractivity contribution in [2.24, 2.45) is 0 Å². The Morgan fingerprint density at radius 2 is 2.06 bits per heavy atom. The van der Waals surface area contributed by atoms with E-state index in [9.17, 15) is 0 Å². The van der Waals surface area contributed by atoms with Crippen LogP contribution in [-0.4, -0.2) is 24.3 Å². The van der Waals surface area contributed by atoms with Crippen molar-refractivity contribution in [2.75, 3.05) is 6.54 Å². The zero-order valence-electron chi connectivity index (χ0n) is 11.6. The molecule has 0 bridgehead atoms. The largest absolute Gasteiger partial charge is 0.372 e.